The molecule has 5 rings (SSSR count). The van der Waals surface area contributed by atoms with Gasteiger partial charge in [-0.2, -0.15) is 13.2 Å². The fraction of sp³-hybridized carbons (Fsp3) is 0.538. The number of anilines is 1. The Balaban J connectivity index is 1.18. The first kappa shape index (κ1) is 23.0. The van der Waals surface area contributed by atoms with E-state index >= 15 is 0 Å². The zero-order chi connectivity index (χ0) is 24.1. The lowest BCUT2D eigenvalue weighted by Gasteiger charge is -2.61. The van der Waals surface area contributed by atoms with E-state index in [1.54, 1.807) is 4.90 Å². The number of esters is 1. The normalized spacial score (nSPS) is 22.3. The molecule has 182 valence electrons. The zero-order valence-electron chi connectivity index (χ0n) is 19.4. The lowest BCUT2D eigenvalue weighted by Crippen LogP contribution is -2.64. The zero-order valence-corrected chi connectivity index (χ0v) is 19.4. The molecule has 3 heterocycles. The fourth-order valence-electron chi connectivity index (χ4n) is 5.89. The predicted molar refractivity (Wildman–Crippen MR) is 121 cm³/mol. The van der Waals surface area contributed by atoms with Gasteiger partial charge in [0.1, 0.15) is 17.7 Å². The van der Waals surface area contributed by atoms with E-state index in [0.29, 0.717) is 25.4 Å². The van der Waals surface area contributed by atoms with Crippen LogP contribution in [0.4, 0.5) is 19.0 Å². The van der Waals surface area contributed by atoms with Crippen LogP contribution in [0.25, 0.3) is 0 Å². The van der Waals surface area contributed by atoms with Crippen LogP contribution in [-0.4, -0.2) is 37.3 Å². The average molecular weight is 475 g/mol. The van der Waals surface area contributed by atoms with Crippen LogP contribution in [0.5, 0.6) is 5.75 Å². The molecule has 1 saturated carbocycles. The van der Waals surface area contributed by atoms with Crippen molar-refractivity contribution in [3.63, 3.8) is 0 Å². The highest BCUT2D eigenvalue weighted by Crippen LogP contribution is 2.56. The second-order valence-electron chi connectivity index (χ2n) is 10.2. The van der Waals surface area contributed by atoms with Gasteiger partial charge in [-0.15, -0.1) is 0 Å². The maximum Gasteiger partial charge on any atom is 0.419 e. The highest BCUT2D eigenvalue weighted by Gasteiger charge is 2.56. The lowest BCUT2D eigenvalue weighted by atomic mass is 9.55. The molecule has 1 unspecified atom stereocenters. The van der Waals surface area contributed by atoms with Crippen LogP contribution in [0.1, 0.15) is 42.9 Å². The standard InChI is InChI=1S/C26H29F3N2O3/c1-16(24(32)33-2)10-17-5-6-18-7-8-21(34-22(18)11-17)19-12-25(13-19)14-31(15-25)23-20(26(27,28)29)4-3-9-30-23/h3-6,9,11,16,19,21H,7-8,10,12-15H2,1-2H3/t16-,21?/m0/s1. The highest BCUT2D eigenvalue weighted by molar-refractivity contribution is 5.72. The van der Waals surface area contributed by atoms with Gasteiger partial charge in [0.25, 0.3) is 0 Å². The minimum absolute atomic E-state index is 0.0423. The van der Waals surface area contributed by atoms with Crippen LogP contribution >= 0.6 is 0 Å². The molecule has 5 nitrogen and oxygen atoms in total. The number of carbonyl (C=O) groups is 1. The van der Waals surface area contributed by atoms with Gasteiger partial charge in [0.2, 0.25) is 0 Å². The van der Waals surface area contributed by atoms with Crippen LogP contribution in [0, 0.1) is 17.3 Å². The van der Waals surface area contributed by atoms with E-state index in [9.17, 15) is 18.0 Å². The lowest BCUT2D eigenvalue weighted by molar-refractivity contribution is -0.144. The van der Waals surface area contributed by atoms with Crippen molar-refractivity contribution in [3.05, 3.63) is 53.2 Å². The molecule has 1 aromatic carbocycles. The Morgan fingerprint density at radius 3 is 2.76 bits per heavy atom. The van der Waals surface area contributed by atoms with E-state index in [-0.39, 0.29) is 29.2 Å². The van der Waals surface area contributed by atoms with Gasteiger partial charge in [0.05, 0.1) is 18.6 Å². The summed E-state index contributed by atoms with van der Waals surface area (Å²) in [4.78, 5) is 17.5. The van der Waals surface area contributed by atoms with Crippen molar-refractivity contribution in [1.82, 2.24) is 4.98 Å². The molecule has 1 spiro atoms. The largest absolute Gasteiger partial charge is 0.490 e. The molecule has 0 bridgehead atoms. The Labute approximate surface area is 197 Å². The first-order valence-electron chi connectivity index (χ1n) is 11.8. The van der Waals surface area contributed by atoms with Gasteiger partial charge in [0.15, 0.2) is 0 Å². The summed E-state index contributed by atoms with van der Waals surface area (Å²) in [6.45, 7) is 3.08. The Morgan fingerprint density at radius 1 is 1.29 bits per heavy atom. The maximum absolute atomic E-state index is 13.3. The third kappa shape index (κ3) is 4.23. The van der Waals surface area contributed by atoms with Crippen molar-refractivity contribution in [2.75, 3.05) is 25.1 Å². The van der Waals surface area contributed by atoms with Crippen molar-refractivity contribution >= 4 is 11.8 Å². The number of aromatic nitrogens is 1. The first-order chi connectivity index (χ1) is 16.2. The van der Waals surface area contributed by atoms with Crippen molar-refractivity contribution in [2.45, 2.75) is 51.3 Å². The van der Waals surface area contributed by atoms with Gasteiger partial charge < -0.3 is 14.4 Å². The van der Waals surface area contributed by atoms with Gasteiger partial charge in [0, 0.05) is 24.7 Å². The molecule has 2 fully saturated rings. The number of halogens is 3. The summed E-state index contributed by atoms with van der Waals surface area (Å²) < 4.78 is 51.2. The minimum atomic E-state index is -4.40. The van der Waals surface area contributed by atoms with Crippen molar-refractivity contribution < 1.29 is 27.4 Å². The molecule has 2 aliphatic heterocycles. The monoisotopic (exact) mass is 474 g/mol. The van der Waals surface area contributed by atoms with Crippen LogP contribution in [0.3, 0.4) is 0 Å². The molecular weight excluding hydrogens is 445 g/mol. The van der Waals surface area contributed by atoms with Crippen LogP contribution in [0.2, 0.25) is 0 Å². The minimum Gasteiger partial charge on any atom is -0.490 e. The van der Waals surface area contributed by atoms with E-state index in [1.165, 1.54) is 24.9 Å². The number of methoxy groups -OCH3 is 1. The Morgan fingerprint density at radius 2 is 2.06 bits per heavy atom. The molecule has 2 atom stereocenters. The molecule has 0 radical (unpaired) electrons. The fourth-order valence-corrected chi connectivity index (χ4v) is 5.89. The summed E-state index contributed by atoms with van der Waals surface area (Å²) >= 11 is 0. The third-order valence-corrected chi connectivity index (χ3v) is 7.61. The van der Waals surface area contributed by atoms with Crippen molar-refractivity contribution in [2.24, 2.45) is 17.3 Å². The molecule has 1 saturated heterocycles. The number of rotatable bonds is 5. The van der Waals surface area contributed by atoms with Gasteiger partial charge in [-0.25, -0.2) is 4.98 Å². The number of alkyl halides is 3. The number of benzene rings is 1. The maximum atomic E-state index is 13.3. The Bertz CT molecular complexity index is 1070. The smallest absolute Gasteiger partial charge is 0.419 e. The quantitative estimate of drug-likeness (QED) is 0.567. The van der Waals surface area contributed by atoms with Gasteiger partial charge in [-0.05, 0) is 67.3 Å². The number of carbonyl (C=O) groups excluding carboxylic acids is 1. The average Bonchev–Trinajstić information content (AvgIpc) is 2.76. The van der Waals surface area contributed by atoms with E-state index < -0.39 is 11.7 Å². The van der Waals surface area contributed by atoms with E-state index in [0.717, 1.165) is 43.1 Å². The summed E-state index contributed by atoms with van der Waals surface area (Å²) in [5, 5.41) is 0. The van der Waals surface area contributed by atoms with Crippen LogP contribution < -0.4 is 9.64 Å². The highest BCUT2D eigenvalue weighted by atomic mass is 19.4. The van der Waals surface area contributed by atoms with Gasteiger partial charge >= 0.3 is 12.1 Å². The predicted octanol–water partition coefficient (Wildman–Crippen LogP) is 5.06. The van der Waals surface area contributed by atoms with Crippen molar-refractivity contribution in [3.8, 4) is 5.75 Å². The topological polar surface area (TPSA) is 51.7 Å². The second-order valence-corrected chi connectivity index (χ2v) is 10.2. The second kappa shape index (κ2) is 8.47. The van der Waals surface area contributed by atoms with E-state index in [4.69, 9.17) is 9.47 Å². The molecular formula is C26H29F3N2O3. The van der Waals surface area contributed by atoms with Gasteiger partial charge in [-0.1, -0.05) is 19.1 Å². The summed E-state index contributed by atoms with van der Waals surface area (Å²) in [7, 11) is 1.40. The van der Waals surface area contributed by atoms with Crippen LogP contribution in [-0.2, 0) is 28.5 Å². The molecule has 0 amide bonds. The number of pyridine rings is 1. The van der Waals surface area contributed by atoms with Crippen LogP contribution in [0.15, 0.2) is 36.5 Å². The number of aryl methyl sites for hydroxylation is 1. The Kier molecular flexibility index (Phi) is 5.73. The van der Waals surface area contributed by atoms with E-state index in [1.807, 2.05) is 13.0 Å². The van der Waals surface area contributed by atoms with Gasteiger partial charge in [-0.3, -0.25) is 4.79 Å². The summed E-state index contributed by atoms with van der Waals surface area (Å²) in [5.74, 6) is 0.913. The molecule has 1 aromatic heterocycles. The van der Waals surface area contributed by atoms with E-state index in [2.05, 4.69) is 17.1 Å². The first-order valence-corrected chi connectivity index (χ1v) is 11.8. The molecule has 0 N–H and O–H groups in total. The number of hydrogen-bond donors (Lipinski definition) is 0. The summed E-state index contributed by atoms with van der Waals surface area (Å²) in [5.41, 5.74) is 1.65. The third-order valence-electron chi connectivity index (χ3n) is 7.61. The van der Waals surface area contributed by atoms with Crippen molar-refractivity contribution in [1.29, 1.82) is 0 Å². The molecule has 8 heteroatoms. The Hall–Kier alpha value is -2.77. The summed E-state index contributed by atoms with van der Waals surface area (Å²) in [6.07, 6.45) is 1.59. The summed E-state index contributed by atoms with van der Waals surface area (Å²) in [6, 6.07) is 8.61. The number of nitrogens with zero attached hydrogens (tertiary/aromatic N) is 2. The molecule has 3 aliphatic rings. The molecule has 34 heavy (non-hydrogen) atoms. The number of hydrogen-bond acceptors (Lipinski definition) is 5. The molecule has 2 aromatic rings. The SMILES string of the molecule is COC(=O)[C@@H](C)Cc1ccc2c(c1)OC(C1CC3(C1)CN(c1ncccc1C(F)(F)F)C3)CC2. The number of fused-ring (bicyclic) bond motifs is 1. The number of ether oxygens (including phenoxy) is 2. The molecule has 1 aliphatic carbocycles.